The molecule has 18 heavy (non-hydrogen) atoms. The van der Waals surface area contributed by atoms with E-state index in [0.717, 1.165) is 5.69 Å². The van der Waals surface area contributed by atoms with Gasteiger partial charge in [0, 0.05) is 5.92 Å². The van der Waals surface area contributed by atoms with Gasteiger partial charge in [0.15, 0.2) is 11.5 Å². The summed E-state index contributed by atoms with van der Waals surface area (Å²) in [5.74, 6) is -0.674. The monoisotopic (exact) mass is 246 g/mol. The Labute approximate surface area is 104 Å². The van der Waals surface area contributed by atoms with Gasteiger partial charge < -0.3 is 5.11 Å². The fourth-order valence-corrected chi connectivity index (χ4v) is 2.67. The fourth-order valence-electron chi connectivity index (χ4n) is 2.67. The van der Waals surface area contributed by atoms with Crippen molar-refractivity contribution in [2.45, 2.75) is 26.7 Å². The van der Waals surface area contributed by atoms with Crippen molar-refractivity contribution < 1.29 is 9.90 Å². The Bertz CT molecular complexity index is 647. The van der Waals surface area contributed by atoms with Crippen LogP contribution in [0.1, 0.15) is 31.3 Å². The first-order valence-electron chi connectivity index (χ1n) is 5.84. The Balaban J connectivity index is 2.11. The van der Waals surface area contributed by atoms with Crippen molar-refractivity contribution in [3.63, 3.8) is 0 Å². The molecule has 0 saturated heterocycles. The van der Waals surface area contributed by atoms with Crippen LogP contribution in [-0.4, -0.2) is 30.9 Å². The van der Waals surface area contributed by atoms with Crippen molar-refractivity contribution in [2.75, 3.05) is 0 Å². The van der Waals surface area contributed by atoms with Crippen LogP contribution in [0.4, 0.5) is 0 Å². The topological polar surface area (TPSA) is 80.4 Å². The smallest absolute Gasteiger partial charge is 0.307 e. The molecule has 94 valence electrons. The number of fused-ring (bicyclic) bond motifs is 1. The third kappa shape index (κ3) is 1.35. The number of nitrogens with zero attached hydrogens (tertiary/aromatic N) is 4. The van der Waals surface area contributed by atoms with Crippen molar-refractivity contribution in [1.29, 1.82) is 0 Å². The summed E-state index contributed by atoms with van der Waals surface area (Å²) in [7, 11) is 0. The summed E-state index contributed by atoms with van der Waals surface area (Å²) in [6.45, 7) is 5.76. The highest BCUT2D eigenvalue weighted by atomic mass is 16.4. The first kappa shape index (κ1) is 11.1. The zero-order valence-corrected chi connectivity index (χ0v) is 10.5. The molecule has 0 bridgehead atoms. The third-order valence-electron chi connectivity index (χ3n) is 3.79. The van der Waals surface area contributed by atoms with Gasteiger partial charge in [0.25, 0.3) is 0 Å². The van der Waals surface area contributed by atoms with Crippen LogP contribution >= 0.6 is 0 Å². The average Bonchev–Trinajstić information content (AvgIpc) is 2.66. The van der Waals surface area contributed by atoms with Crippen molar-refractivity contribution in [3.05, 3.63) is 23.7 Å². The average molecular weight is 246 g/mol. The number of aryl methyl sites for hydroxylation is 1. The summed E-state index contributed by atoms with van der Waals surface area (Å²) in [4.78, 5) is 11.2. The van der Waals surface area contributed by atoms with E-state index in [9.17, 15) is 9.90 Å². The number of carbonyl (C=O) groups is 1. The molecule has 1 N–H and O–H groups in total. The molecule has 1 saturated carbocycles. The number of aliphatic carboxylic acids is 1. The van der Waals surface area contributed by atoms with Crippen LogP contribution in [0.2, 0.25) is 0 Å². The minimum atomic E-state index is -0.783. The van der Waals surface area contributed by atoms with E-state index in [1.54, 1.807) is 4.52 Å². The quantitative estimate of drug-likeness (QED) is 0.862. The standard InChI is InChI=1S/C12H14N4O2/c1-6-4-5-7-13-14-10(16(7)15-6)8-9(11(17)18)12(8,2)3/h4-5,8-9H,1-3H3,(H,17,18). The van der Waals surface area contributed by atoms with Gasteiger partial charge in [-0.1, -0.05) is 13.8 Å². The van der Waals surface area contributed by atoms with Gasteiger partial charge in [-0.15, -0.1) is 10.2 Å². The summed E-state index contributed by atoms with van der Waals surface area (Å²) >= 11 is 0. The predicted octanol–water partition coefficient (Wildman–Crippen LogP) is 1.26. The molecular weight excluding hydrogens is 232 g/mol. The van der Waals surface area contributed by atoms with E-state index in [1.807, 2.05) is 32.9 Å². The van der Waals surface area contributed by atoms with E-state index >= 15 is 0 Å². The number of hydrogen-bond acceptors (Lipinski definition) is 4. The SMILES string of the molecule is Cc1ccc2nnc(C3C(C(=O)O)C3(C)C)n2n1. The van der Waals surface area contributed by atoms with Crippen LogP contribution in [0.25, 0.3) is 5.65 Å². The highest BCUT2D eigenvalue weighted by Crippen LogP contribution is 2.63. The van der Waals surface area contributed by atoms with Gasteiger partial charge in [-0.25, -0.2) is 0 Å². The predicted molar refractivity (Wildman–Crippen MR) is 63.2 cm³/mol. The van der Waals surface area contributed by atoms with Crippen molar-refractivity contribution in [2.24, 2.45) is 11.3 Å². The van der Waals surface area contributed by atoms with Crippen LogP contribution in [0.15, 0.2) is 12.1 Å². The molecule has 2 aromatic rings. The van der Waals surface area contributed by atoms with Gasteiger partial charge >= 0.3 is 5.97 Å². The molecule has 0 amide bonds. The van der Waals surface area contributed by atoms with Crippen LogP contribution in [0.5, 0.6) is 0 Å². The maximum atomic E-state index is 11.2. The summed E-state index contributed by atoms with van der Waals surface area (Å²) in [5.41, 5.74) is 1.22. The molecule has 2 aromatic heterocycles. The first-order chi connectivity index (χ1) is 8.43. The van der Waals surface area contributed by atoms with E-state index in [-0.39, 0.29) is 11.3 Å². The molecular formula is C12H14N4O2. The van der Waals surface area contributed by atoms with Gasteiger partial charge in [-0.3, -0.25) is 4.79 Å². The van der Waals surface area contributed by atoms with Crippen molar-refractivity contribution >= 4 is 11.6 Å². The Morgan fingerprint density at radius 2 is 2.11 bits per heavy atom. The van der Waals surface area contributed by atoms with Crippen LogP contribution in [0, 0.1) is 18.3 Å². The molecule has 0 radical (unpaired) electrons. The Kier molecular flexibility index (Phi) is 2.03. The molecule has 0 spiro atoms. The highest BCUT2D eigenvalue weighted by Gasteiger charge is 2.65. The second kappa shape index (κ2) is 3.28. The summed E-state index contributed by atoms with van der Waals surface area (Å²) in [5, 5.41) is 21.7. The molecule has 3 rings (SSSR count). The number of carboxylic acids is 1. The normalized spacial score (nSPS) is 25.3. The van der Waals surface area contributed by atoms with Gasteiger partial charge in [0.2, 0.25) is 0 Å². The van der Waals surface area contributed by atoms with E-state index in [0.29, 0.717) is 11.5 Å². The van der Waals surface area contributed by atoms with Gasteiger partial charge in [0.1, 0.15) is 0 Å². The van der Waals surface area contributed by atoms with Gasteiger partial charge in [0.05, 0.1) is 11.6 Å². The molecule has 1 fully saturated rings. The zero-order chi connectivity index (χ0) is 13.1. The Morgan fingerprint density at radius 1 is 1.39 bits per heavy atom. The maximum absolute atomic E-state index is 11.2. The molecule has 1 aliphatic carbocycles. The van der Waals surface area contributed by atoms with Crippen LogP contribution in [-0.2, 0) is 4.79 Å². The van der Waals surface area contributed by atoms with E-state index < -0.39 is 11.9 Å². The molecule has 2 heterocycles. The van der Waals surface area contributed by atoms with Crippen molar-refractivity contribution in [3.8, 4) is 0 Å². The van der Waals surface area contributed by atoms with Crippen LogP contribution in [0.3, 0.4) is 0 Å². The van der Waals surface area contributed by atoms with Crippen LogP contribution < -0.4 is 0 Å². The first-order valence-corrected chi connectivity index (χ1v) is 5.84. The van der Waals surface area contributed by atoms with Crippen molar-refractivity contribution in [1.82, 2.24) is 19.8 Å². The lowest BCUT2D eigenvalue weighted by Crippen LogP contribution is -2.04. The van der Waals surface area contributed by atoms with Gasteiger partial charge in [-0.2, -0.15) is 9.61 Å². The minimum Gasteiger partial charge on any atom is -0.481 e. The number of aromatic nitrogens is 4. The molecule has 0 aromatic carbocycles. The van der Waals surface area contributed by atoms with E-state index in [2.05, 4.69) is 15.3 Å². The highest BCUT2D eigenvalue weighted by molar-refractivity contribution is 5.77. The molecule has 2 unspecified atom stereocenters. The summed E-state index contributed by atoms with van der Waals surface area (Å²) in [6.07, 6.45) is 0. The lowest BCUT2D eigenvalue weighted by atomic mass is 10.1. The number of rotatable bonds is 2. The fraction of sp³-hybridized carbons (Fsp3) is 0.500. The number of hydrogen-bond donors (Lipinski definition) is 1. The Hall–Kier alpha value is -1.98. The van der Waals surface area contributed by atoms with Gasteiger partial charge in [-0.05, 0) is 24.5 Å². The molecule has 0 aliphatic heterocycles. The molecule has 2 atom stereocenters. The molecule has 6 nitrogen and oxygen atoms in total. The lowest BCUT2D eigenvalue weighted by Gasteiger charge is -2.00. The molecule has 6 heteroatoms. The molecule has 1 aliphatic rings. The lowest BCUT2D eigenvalue weighted by molar-refractivity contribution is -0.139. The second-order valence-corrected chi connectivity index (χ2v) is 5.42. The minimum absolute atomic E-state index is 0.126. The summed E-state index contributed by atoms with van der Waals surface area (Å²) < 4.78 is 1.66. The summed E-state index contributed by atoms with van der Waals surface area (Å²) in [6, 6.07) is 3.70. The number of carboxylic acid groups (broad SMARTS) is 1. The third-order valence-corrected chi connectivity index (χ3v) is 3.79. The zero-order valence-electron chi connectivity index (χ0n) is 10.5. The Morgan fingerprint density at radius 3 is 2.72 bits per heavy atom. The van der Waals surface area contributed by atoms with E-state index in [4.69, 9.17) is 0 Å². The van der Waals surface area contributed by atoms with E-state index in [1.165, 1.54) is 0 Å². The second-order valence-electron chi connectivity index (χ2n) is 5.42. The maximum Gasteiger partial charge on any atom is 0.307 e. The largest absolute Gasteiger partial charge is 0.481 e.